The monoisotopic (exact) mass is 335 g/mol. The summed E-state index contributed by atoms with van der Waals surface area (Å²) < 4.78 is 6.32. The molecule has 25 heavy (non-hydrogen) atoms. The summed E-state index contributed by atoms with van der Waals surface area (Å²) in [6.07, 6.45) is 4.24. The molecule has 4 nitrogen and oxygen atoms in total. The van der Waals surface area contributed by atoms with Crippen LogP contribution in [0.1, 0.15) is 37.4 Å². The molecular formula is C21H25N3O. The molecule has 5 heterocycles. The summed E-state index contributed by atoms with van der Waals surface area (Å²) in [5.74, 6) is 0. The zero-order chi connectivity index (χ0) is 17.1. The van der Waals surface area contributed by atoms with Gasteiger partial charge in [0.2, 0.25) is 5.71 Å². The van der Waals surface area contributed by atoms with Crippen LogP contribution >= 0.6 is 0 Å². The molecule has 0 saturated carbocycles. The Morgan fingerprint density at radius 3 is 2.76 bits per heavy atom. The maximum Gasteiger partial charge on any atom is 0.227 e. The van der Waals surface area contributed by atoms with E-state index in [4.69, 9.17) is 4.42 Å². The third-order valence-corrected chi connectivity index (χ3v) is 6.14. The average Bonchev–Trinajstić information content (AvgIpc) is 2.72. The number of rotatable bonds is 1. The van der Waals surface area contributed by atoms with Crippen LogP contribution in [0.25, 0.3) is 22.1 Å². The number of anilines is 1. The van der Waals surface area contributed by atoms with Gasteiger partial charge in [-0.3, -0.25) is 4.90 Å². The molecule has 2 aromatic heterocycles. The lowest BCUT2D eigenvalue weighted by Crippen LogP contribution is -2.55. The minimum Gasteiger partial charge on any atom is -0.436 e. The van der Waals surface area contributed by atoms with Gasteiger partial charge in [-0.1, -0.05) is 12.1 Å². The number of hydrogen-bond acceptors (Lipinski definition) is 4. The topological polar surface area (TPSA) is 32.5 Å². The molecule has 1 aromatic carbocycles. The van der Waals surface area contributed by atoms with E-state index in [2.05, 4.69) is 52.9 Å². The first-order valence-corrected chi connectivity index (χ1v) is 9.45. The van der Waals surface area contributed by atoms with Crippen molar-refractivity contribution in [1.82, 2.24) is 9.88 Å². The highest BCUT2D eigenvalue weighted by atomic mass is 16.3. The van der Waals surface area contributed by atoms with Gasteiger partial charge in [0.05, 0.1) is 11.9 Å². The molecule has 3 aromatic rings. The van der Waals surface area contributed by atoms with Crippen LogP contribution in [0.2, 0.25) is 0 Å². The van der Waals surface area contributed by atoms with Crippen LogP contribution in [0.3, 0.4) is 0 Å². The SMILES string of the molecule is Cc1ccc2c(n1)oc1c(N3C4CCCN(CC4)[C@@H]3C)c(C)ccc12. The van der Waals surface area contributed by atoms with Gasteiger partial charge in [-0.2, -0.15) is 0 Å². The molecule has 0 aliphatic carbocycles. The van der Waals surface area contributed by atoms with Crippen molar-refractivity contribution >= 4 is 27.8 Å². The first-order chi connectivity index (χ1) is 12.1. The average molecular weight is 335 g/mol. The normalized spacial score (nSPS) is 26.5. The molecule has 0 radical (unpaired) electrons. The zero-order valence-electron chi connectivity index (χ0n) is 15.2. The minimum atomic E-state index is 0.424. The van der Waals surface area contributed by atoms with Crippen LogP contribution < -0.4 is 4.90 Å². The van der Waals surface area contributed by atoms with E-state index in [0.717, 1.165) is 22.4 Å². The Bertz CT molecular complexity index is 955. The van der Waals surface area contributed by atoms with Crippen LogP contribution in [0.5, 0.6) is 0 Å². The van der Waals surface area contributed by atoms with E-state index in [9.17, 15) is 0 Å². The number of fused-ring (bicyclic) bond motifs is 7. The van der Waals surface area contributed by atoms with Gasteiger partial charge in [0.1, 0.15) is 0 Å². The smallest absolute Gasteiger partial charge is 0.227 e. The van der Waals surface area contributed by atoms with Crippen molar-refractivity contribution in [3.8, 4) is 0 Å². The zero-order valence-corrected chi connectivity index (χ0v) is 15.2. The van der Waals surface area contributed by atoms with Gasteiger partial charge in [-0.05, 0) is 57.7 Å². The Hall–Kier alpha value is -2.07. The van der Waals surface area contributed by atoms with Crippen LogP contribution in [-0.4, -0.2) is 35.2 Å². The van der Waals surface area contributed by atoms with Gasteiger partial charge in [-0.25, -0.2) is 4.98 Å². The lowest BCUT2D eigenvalue weighted by Gasteiger charge is -2.46. The van der Waals surface area contributed by atoms with Crippen molar-refractivity contribution in [3.05, 3.63) is 35.5 Å². The molecule has 3 aliphatic heterocycles. The Morgan fingerprint density at radius 1 is 1.04 bits per heavy atom. The molecule has 3 aliphatic rings. The number of benzene rings is 1. The van der Waals surface area contributed by atoms with Crippen LogP contribution in [-0.2, 0) is 0 Å². The molecule has 0 amide bonds. The van der Waals surface area contributed by atoms with Gasteiger partial charge in [0, 0.05) is 35.6 Å². The van der Waals surface area contributed by atoms with E-state index in [1.54, 1.807) is 0 Å². The summed E-state index contributed by atoms with van der Waals surface area (Å²) in [5.41, 5.74) is 5.34. The van der Waals surface area contributed by atoms with Crippen molar-refractivity contribution in [2.75, 3.05) is 18.0 Å². The summed E-state index contributed by atoms with van der Waals surface area (Å²) in [5, 5.41) is 2.31. The largest absolute Gasteiger partial charge is 0.436 e. The van der Waals surface area contributed by atoms with E-state index in [0.29, 0.717) is 12.2 Å². The quantitative estimate of drug-likeness (QED) is 0.650. The predicted octanol–water partition coefficient (Wildman–Crippen LogP) is 4.62. The molecule has 4 heteroatoms. The Labute approximate surface area is 148 Å². The van der Waals surface area contributed by atoms with Crippen molar-refractivity contribution in [3.63, 3.8) is 0 Å². The molecule has 0 spiro atoms. The number of hydrogen-bond donors (Lipinski definition) is 0. The third-order valence-electron chi connectivity index (χ3n) is 6.14. The minimum absolute atomic E-state index is 0.424. The maximum atomic E-state index is 6.32. The van der Waals surface area contributed by atoms with Crippen LogP contribution in [0.15, 0.2) is 28.7 Å². The van der Waals surface area contributed by atoms with E-state index >= 15 is 0 Å². The van der Waals surface area contributed by atoms with Gasteiger partial charge < -0.3 is 9.32 Å². The molecule has 130 valence electrons. The van der Waals surface area contributed by atoms with Crippen molar-refractivity contribution in [2.45, 2.75) is 52.2 Å². The van der Waals surface area contributed by atoms with E-state index in [1.807, 2.05) is 6.92 Å². The van der Waals surface area contributed by atoms with E-state index < -0.39 is 0 Å². The van der Waals surface area contributed by atoms with Gasteiger partial charge >= 0.3 is 0 Å². The van der Waals surface area contributed by atoms with E-state index in [-0.39, 0.29) is 0 Å². The van der Waals surface area contributed by atoms with Gasteiger partial charge in [0.25, 0.3) is 0 Å². The lowest BCUT2D eigenvalue weighted by molar-refractivity contribution is 0.177. The summed E-state index contributed by atoms with van der Waals surface area (Å²) in [6.45, 7) is 9.01. The summed E-state index contributed by atoms with van der Waals surface area (Å²) in [6, 6.07) is 9.26. The molecule has 3 saturated heterocycles. The van der Waals surface area contributed by atoms with Crippen molar-refractivity contribution in [2.24, 2.45) is 0 Å². The highest BCUT2D eigenvalue weighted by Crippen LogP contribution is 2.41. The van der Waals surface area contributed by atoms with Crippen molar-refractivity contribution < 1.29 is 4.42 Å². The molecule has 0 N–H and O–H groups in total. The highest BCUT2D eigenvalue weighted by molar-refractivity contribution is 6.08. The number of aryl methyl sites for hydroxylation is 2. The third kappa shape index (κ3) is 2.20. The predicted molar refractivity (Wildman–Crippen MR) is 102 cm³/mol. The van der Waals surface area contributed by atoms with Gasteiger partial charge in [-0.15, -0.1) is 0 Å². The highest BCUT2D eigenvalue weighted by Gasteiger charge is 2.37. The number of nitrogens with zero attached hydrogens (tertiary/aromatic N) is 3. The summed E-state index contributed by atoms with van der Waals surface area (Å²) in [7, 11) is 0. The van der Waals surface area contributed by atoms with E-state index in [1.165, 1.54) is 49.0 Å². The maximum absolute atomic E-state index is 6.32. The first-order valence-electron chi connectivity index (χ1n) is 9.45. The van der Waals surface area contributed by atoms with Gasteiger partial charge in [0.15, 0.2) is 5.58 Å². The fourth-order valence-corrected chi connectivity index (χ4v) is 4.82. The van der Waals surface area contributed by atoms with Crippen LogP contribution in [0, 0.1) is 13.8 Å². The molecule has 6 rings (SSSR count). The second-order valence-electron chi connectivity index (χ2n) is 7.67. The Morgan fingerprint density at radius 2 is 1.88 bits per heavy atom. The fourth-order valence-electron chi connectivity index (χ4n) is 4.82. The molecule has 2 unspecified atom stereocenters. The lowest BCUT2D eigenvalue weighted by atomic mass is 10.0. The molecule has 3 fully saturated rings. The van der Waals surface area contributed by atoms with Crippen LogP contribution in [0.4, 0.5) is 5.69 Å². The summed E-state index contributed by atoms with van der Waals surface area (Å²) in [4.78, 5) is 9.86. The second-order valence-corrected chi connectivity index (χ2v) is 7.67. The Kier molecular flexibility index (Phi) is 3.32. The number of furan rings is 1. The Balaban J connectivity index is 1.77. The van der Waals surface area contributed by atoms with Crippen molar-refractivity contribution in [1.29, 1.82) is 0 Å². The standard InChI is InChI=1S/C21H25N3O/c1-13-6-8-17-18-9-7-14(2)22-21(18)25-20(17)19(13)24-15(3)23-11-4-5-16(24)10-12-23/h6-9,15-16H,4-5,10-12H2,1-3H3/t15-,16?/m0/s1. The molecule has 2 bridgehead atoms. The summed E-state index contributed by atoms with van der Waals surface area (Å²) >= 11 is 0. The fraction of sp³-hybridized carbons (Fsp3) is 0.476. The number of pyridine rings is 1. The number of aromatic nitrogens is 1. The second kappa shape index (κ2) is 5.46. The molecular weight excluding hydrogens is 310 g/mol. The first kappa shape index (κ1) is 15.2. The molecule has 3 atom stereocenters.